The van der Waals surface area contributed by atoms with Crippen LogP contribution in [0.25, 0.3) is 0 Å². The van der Waals surface area contributed by atoms with Crippen LogP contribution in [0, 0.1) is 0 Å². The summed E-state index contributed by atoms with van der Waals surface area (Å²) in [6, 6.07) is 10.6. The fourth-order valence-corrected chi connectivity index (χ4v) is 11.5. The molecule has 2 aliphatic heterocycles. The van der Waals surface area contributed by atoms with Crippen LogP contribution >= 0.6 is 17.8 Å². The molecule has 106 valence electrons. The van der Waals surface area contributed by atoms with Crippen molar-refractivity contribution in [2.24, 2.45) is 0 Å². The first-order valence-corrected chi connectivity index (χ1v) is 10.7. The fraction of sp³-hybridized carbons (Fsp3) is 0.571. The van der Waals surface area contributed by atoms with E-state index in [4.69, 9.17) is 9.05 Å². The van der Waals surface area contributed by atoms with Gasteiger partial charge in [0.2, 0.25) is 0 Å². The Morgan fingerprint density at radius 1 is 1.16 bits per heavy atom. The van der Waals surface area contributed by atoms with E-state index in [0.717, 1.165) is 32.1 Å². The second-order valence-corrected chi connectivity index (χ2v) is 11.6. The van der Waals surface area contributed by atoms with E-state index in [1.165, 1.54) is 18.1 Å². The quantitative estimate of drug-likeness (QED) is 0.613. The standard InChI is InChI=1S/C14H22NO2PS/c1-2-3-13-19-18(14-7-5-4-6-8-14)15(9-11-16-18)10-12-17-18/h4-8H,2-3,9-13H2,1H3. The third-order valence-electron chi connectivity index (χ3n) is 3.83. The molecular formula is C14H22NO2PS. The van der Waals surface area contributed by atoms with Crippen molar-refractivity contribution in [3.63, 3.8) is 0 Å². The van der Waals surface area contributed by atoms with Crippen molar-refractivity contribution in [2.75, 3.05) is 32.1 Å². The van der Waals surface area contributed by atoms with Gasteiger partial charge < -0.3 is 0 Å². The van der Waals surface area contributed by atoms with Gasteiger partial charge in [0.1, 0.15) is 0 Å². The second kappa shape index (κ2) is 5.34. The van der Waals surface area contributed by atoms with Gasteiger partial charge in [-0.05, 0) is 0 Å². The van der Waals surface area contributed by atoms with Crippen molar-refractivity contribution in [3.8, 4) is 0 Å². The molecule has 0 amide bonds. The van der Waals surface area contributed by atoms with Crippen LogP contribution in [-0.2, 0) is 9.05 Å². The van der Waals surface area contributed by atoms with Gasteiger partial charge in [0, 0.05) is 0 Å². The van der Waals surface area contributed by atoms with E-state index in [0.29, 0.717) is 0 Å². The SMILES string of the molecule is CCCCSP12(c3ccccc3)OCCN1CCO2. The zero-order valence-electron chi connectivity index (χ0n) is 11.5. The first-order valence-electron chi connectivity index (χ1n) is 7.09. The van der Waals surface area contributed by atoms with Gasteiger partial charge in [-0.2, -0.15) is 0 Å². The van der Waals surface area contributed by atoms with Gasteiger partial charge in [0.15, 0.2) is 0 Å². The van der Waals surface area contributed by atoms with Gasteiger partial charge in [-0.15, -0.1) is 0 Å². The molecule has 1 aromatic carbocycles. The number of rotatable bonds is 5. The molecule has 0 aromatic heterocycles. The van der Waals surface area contributed by atoms with Crippen molar-refractivity contribution < 1.29 is 9.05 Å². The van der Waals surface area contributed by atoms with Crippen LogP contribution < -0.4 is 5.30 Å². The summed E-state index contributed by atoms with van der Waals surface area (Å²) in [5.74, 6) is 1.11. The average molecular weight is 299 g/mol. The molecule has 3 rings (SSSR count). The Morgan fingerprint density at radius 2 is 1.84 bits per heavy atom. The zero-order chi connectivity index (χ0) is 13.2. The van der Waals surface area contributed by atoms with E-state index in [-0.39, 0.29) is 0 Å². The Hall–Kier alpha value is -0.120. The maximum atomic E-state index is 6.38. The molecule has 0 bridgehead atoms. The minimum absolute atomic E-state index is 0.797. The molecule has 2 heterocycles. The van der Waals surface area contributed by atoms with Gasteiger partial charge in [-0.1, -0.05) is 0 Å². The summed E-state index contributed by atoms with van der Waals surface area (Å²) in [6.45, 7) is 5.84. The predicted octanol–water partition coefficient (Wildman–Crippen LogP) is 3.42. The molecule has 3 nitrogen and oxygen atoms in total. The van der Waals surface area contributed by atoms with Crippen molar-refractivity contribution in [1.82, 2.24) is 4.67 Å². The molecule has 19 heavy (non-hydrogen) atoms. The number of hydrogen-bond donors (Lipinski definition) is 0. The number of fused-ring (bicyclic) bond motifs is 1. The molecule has 0 atom stereocenters. The Bertz CT molecular complexity index is 432. The minimum atomic E-state index is -2.80. The van der Waals surface area contributed by atoms with Gasteiger partial charge in [0.25, 0.3) is 0 Å². The first-order chi connectivity index (χ1) is 9.31. The summed E-state index contributed by atoms with van der Waals surface area (Å²) < 4.78 is 15.3. The van der Waals surface area contributed by atoms with Crippen molar-refractivity contribution in [2.45, 2.75) is 19.8 Å². The molecule has 0 N–H and O–H groups in total. The number of nitrogens with zero attached hydrogens (tertiary/aromatic N) is 1. The van der Waals surface area contributed by atoms with E-state index in [9.17, 15) is 0 Å². The molecule has 0 aliphatic carbocycles. The first kappa shape index (κ1) is 13.8. The molecular weight excluding hydrogens is 277 g/mol. The predicted molar refractivity (Wildman–Crippen MR) is 83.8 cm³/mol. The molecule has 0 unspecified atom stereocenters. The summed E-state index contributed by atoms with van der Waals surface area (Å²) in [4.78, 5) is 0. The van der Waals surface area contributed by atoms with E-state index in [1.54, 1.807) is 0 Å². The molecule has 1 aromatic rings. The third kappa shape index (κ3) is 2.05. The molecule has 2 aliphatic rings. The van der Waals surface area contributed by atoms with Crippen LogP contribution in [0.4, 0.5) is 0 Å². The normalized spacial score (nSPS) is 26.7. The van der Waals surface area contributed by atoms with Crippen LogP contribution in [0.15, 0.2) is 30.3 Å². The maximum absolute atomic E-state index is 6.38. The van der Waals surface area contributed by atoms with E-state index in [1.807, 2.05) is 11.4 Å². The van der Waals surface area contributed by atoms with Crippen LogP contribution in [0.5, 0.6) is 0 Å². The van der Waals surface area contributed by atoms with Crippen LogP contribution in [0.1, 0.15) is 19.8 Å². The molecule has 5 heteroatoms. The third-order valence-corrected chi connectivity index (χ3v) is 12.4. The molecule has 2 fully saturated rings. The zero-order valence-corrected chi connectivity index (χ0v) is 13.2. The van der Waals surface area contributed by atoms with Crippen molar-refractivity contribution >= 4 is 23.1 Å². The van der Waals surface area contributed by atoms with Crippen molar-refractivity contribution in [1.29, 1.82) is 0 Å². The molecule has 0 radical (unpaired) electrons. The van der Waals surface area contributed by atoms with E-state index < -0.39 is 6.41 Å². The number of hydrogen-bond acceptors (Lipinski definition) is 4. The number of benzene rings is 1. The summed E-state index contributed by atoms with van der Waals surface area (Å²) in [5.41, 5.74) is 0. The Kier molecular flexibility index (Phi) is 3.89. The summed E-state index contributed by atoms with van der Waals surface area (Å²) in [5, 5.41) is 1.25. The fourth-order valence-electron chi connectivity index (χ4n) is 2.86. The van der Waals surface area contributed by atoms with Gasteiger partial charge in [0.05, 0.1) is 0 Å². The Labute approximate surface area is 119 Å². The van der Waals surface area contributed by atoms with Crippen molar-refractivity contribution in [3.05, 3.63) is 30.3 Å². The van der Waals surface area contributed by atoms with E-state index in [2.05, 4.69) is 41.9 Å². The summed E-state index contributed by atoms with van der Waals surface area (Å²) >= 11 is 1.94. The Morgan fingerprint density at radius 3 is 2.47 bits per heavy atom. The summed E-state index contributed by atoms with van der Waals surface area (Å²) in [6.07, 6.45) is -0.366. The monoisotopic (exact) mass is 299 g/mol. The van der Waals surface area contributed by atoms with Crippen LogP contribution in [0.2, 0.25) is 0 Å². The number of unbranched alkanes of at least 4 members (excludes halogenated alkanes) is 1. The van der Waals surface area contributed by atoms with E-state index >= 15 is 0 Å². The summed E-state index contributed by atoms with van der Waals surface area (Å²) in [7, 11) is 0. The van der Waals surface area contributed by atoms with Crippen LogP contribution in [0.3, 0.4) is 0 Å². The van der Waals surface area contributed by atoms with Gasteiger partial charge in [-0.3, -0.25) is 0 Å². The molecule has 0 spiro atoms. The average Bonchev–Trinajstić information content (AvgIpc) is 2.97. The van der Waals surface area contributed by atoms with Crippen LogP contribution in [-0.4, -0.2) is 36.7 Å². The molecule has 2 saturated heterocycles. The van der Waals surface area contributed by atoms with Gasteiger partial charge in [-0.25, -0.2) is 0 Å². The van der Waals surface area contributed by atoms with Gasteiger partial charge >= 0.3 is 119 Å². The molecule has 0 saturated carbocycles. The topological polar surface area (TPSA) is 21.7 Å². The Balaban J connectivity index is 2.00. The second-order valence-electron chi connectivity index (χ2n) is 4.98.